The number of nitrogens with one attached hydrogen (secondary N) is 2. The Morgan fingerprint density at radius 2 is 1.94 bits per heavy atom. The van der Waals surface area contributed by atoms with Gasteiger partial charge in [0.15, 0.2) is 5.16 Å². The highest BCUT2D eigenvalue weighted by Crippen LogP contribution is 2.37. The highest BCUT2D eigenvalue weighted by atomic mass is 32.2. The fourth-order valence-electron chi connectivity index (χ4n) is 3.30. The Balaban J connectivity index is 1.56. The number of amides is 1. The summed E-state index contributed by atoms with van der Waals surface area (Å²) in [6.45, 7) is 3.85. The number of carbonyl (C=O) groups is 1. The topological polar surface area (TPSA) is 104 Å². The van der Waals surface area contributed by atoms with Crippen LogP contribution in [-0.2, 0) is 4.79 Å². The molecule has 0 atom stereocenters. The maximum Gasteiger partial charge on any atom is 0.260 e. The van der Waals surface area contributed by atoms with Crippen molar-refractivity contribution >= 4 is 44.9 Å². The van der Waals surface area contributed by atoms with Crippen molar-refractivity contribution in [1.82, 2.24) is 9.97 Å². The lowest BCUT2D eigenvalue weighted by Crippen LogP contribution is -2.15. The number of aromatic hydroxyl groups is 1. The van der Waals surface area contributed by atoms with Gasteiger partial charge in [-0.05, 0) is 43.7 Å². The second-order valence-corrected chi connectivity index (χ2v) is 9.08. The van der Waals surface area contributed by atoms with E-state index in [1.54, 1.807) is 19.2 Å². The Bertz CT molecular complexity index is 1380. The number of hydrogen-bond donors (Lipinski definition) is 3. The molecule has 2 heterocycles. The Kier molecular flexibility index (Phi) is 6.20. The third kappa shape index (κ3) is 4.49. The smallest absolute Gasteiger partial charge is 0.260 e. The van der Waals surface area contributed by atoms with Crippen molar-refractivity contribution in [1.29, 1.82) is 0 Å². The first kappa shape index (κ1) is 21.9. The first-order chi connectivity index (χ1) is 15.4. The maximum absolute atomic E-state index is 12.9. The average molecular weight is 468 g/mol. The number of methoxy groups -OCH3 is 1. The fraction of sp³-hybridized carbons (Fsp3) is 0.174. The van der Waals surface area contributed by atoms with Crippen molar-refractivity contribution in [3.63, 3.8) is 0 Å². The lowest BCUT2D eigenvalue weighted by molar-refractivity contribution is -0.113. The molecule has 4 rings (SSSR count). The molecule has 0 unspecified atom stereocenters. The number of nitrogens with zero attached hydrogens (tertiary/aromatic N) is 1. The number of benzene rings is 2. The van der Waals surface area contributed by atoms with Crippen molar-refractivity contribution in [3.05, 3.63) is 63.3 Å². The van der Waals surface area contributed by atoms with E-state index in [9.17, 15) is 14.7 Å². The van der Waals surface area contributed by atoms with Gasteiger partial charge in [0.05, 0.1) is 23.9 Å². The molecule has 0 aliphatic carbocycles. The van der Waals surface area contributed by atoms with Crippen LogP contribution in [-0.4, -0.2) is 33.8 Å². The second kappa shape index (κ2) is 9.05. The summed E-state index contributed by atoms with van der Waals surface area (Å²) in [5, 5.41) is 15.3. The number of anilines is 1. The third-order valence-electron chi connectivity index (χ3n) is 4.83. The summed E-state index contributed by atoms with van der Waals surface area (Å²) in [5.41, 5.74) is 3.66. The van der Waals surface area contributed by atoms with E-state index in [0.29, 0.717) is 26.8 Å². The molecule has 0 aliphatic rings. The first-order valence-corrected chi connectivity index (χ1v) is 11.6. The third-order valence-corrected chi connectivity index (χ3v) is 6.58. The molecule has 9 heteroatoms. The van der Waals surface area contributed by atoms with Crippen LogP contribution >= 0.6 is 23.1 Å². The Labute approximate surface area is 192 Å². The first-order valence-electron chi connectivity index (χ1n) is 9.74. The Morgan fingerprint density at radius 3 is 2.72 bits per heavy atom. The number of ether oxygens (including phenoxy) is 1. The average Bonchev–Trinajstić information content (AvgIpc) is 3.19. The molecule has 0 spiro atoms. The van der Waals surface area contributed by atoms with Gasteiger partial charge in [-0.3, -0.25) is 9.59 Å². The minimum Gasteiger partial charge on any atom is -0.506 e. The summed E-state index contributed by atoms with van der Waals surface area (Å²) >= 11 is 2.49. The summed E-state index contributed by atoms with van der Waals surface area (Å²) < 4.78 is 5.47. The number of aromatic amines is 1. The van der Waals surface area contributed by atoms with E-state index in [-0.39, 0.29) is 23.0 Å². The van der Waals surface area contributed by atoms with Crippen LogP contribution in [0.5, 0.6) is 11.5 Å². The number of rotatable bonds is 6. The lowest BCUT2D eigenvalue weighted by atomic mass is 10.0. The van der Waals surface area contributed by atoms with E-state index in [2.05, 4.69) is 15.3 Å². The number of phenols is 1. The van der Waals surface area contributed by atoms with Crippen LogP contribution in [0, 0.1) is 13.8 Å². The summed E-state index contributed by atoms with van der Waals surface area (Å²) in [6, 6.07) is 10.8. The van der Waals surface area contributed by atoms with Gasteiger partial charge >= 0.3 is 0 Å². The zero-order valence-corrected chi connectivity index (χ0v) is 19.3. The van der Waals surface area contributed by atoms with Crippen LogP contribution in [0.15, 0.2) is 51.7 Å². The molecular weight excluding hydrogens is 446 g/mol. The van der Waals surface area contributed by atoms with E-state index in [4.69, 9.17) is 4.74 Å². The SMILES string of the molecule is COc1ccc(C)cc1-c1csc2nc(SCC(=O)Nc3cc(C)ccc3O)[nH]c(=O)c12. The van der Waals surface area contributed by atoms with Gasteiger partial charge in [-0.25, -0.2) is 4.98 Å². The minimum absolute atomic E-state index is 0.000377. The second-order valence-electron chi connectivity index (χ2n) is 7.26. The van der Waals surface area contributed by atoms with E-state index in [1.807, 2.05) is 37.4 Å². The van der Waals surface area contributed by atoms with Crippen molar-refractivity contribution in [2.45, 2.75) is 19.0 Å². The van der Waals surface area contributed by atoms with Crippen LogP contribution in [0.25, 0.3) is 21.3 Å². The van der Waals surface area contributed by atoms with Gasteiger partial charge in [0.1, 0.15) is 16.3 Å². The molecule has 0 bridgehead atoms. The van der Waals surface area contributed by atoms with Gasteiger partial charge in [0.2, 0.25) is 5.91 Å². The molecule has 0 aliphatic heterocycles. The van der Waals surface area contributed by atoms with E-state index >= 15 is 0 Å². The molecule has 0 saturated heterocycles. The monoisotopic (exact) mass is 467 g/mol. The maximum atomic E-state index is 12.9. The molecule has 3 N–H and O–H groups in total. The van der Waals surface area contributed by atoms with Crippen molar-refractivity contribution < 1.29 is 14.6 Å². The summed E-state index contributed by atoms with van der Waals surface area (Å²) in [5.74, 6) is 0.407. The molecule has 0 fully saturated rings. The largest absolute Gasteiger partial charge is 0.506 e. The standard InChI is InChI=1S/C23H21N3O4S2/c1-12-5-7-18(30-3)14(8-12)15-10-31-22-20(15)21(29)25-23(26-22)32-11-19(28)24-16-9-13(2)4-6-17(16)27/h4-10,27H,11H2,1-3H3,(H,24,28)(H,25,26,29). The number of phenolic OH excluding ortho intramolecular Hbond substituents is 1. The van der Waals surface area contributed by atoms with Gasteiger partial charge < -0.3 is 20.1 Å². The van der Waals surface area contributed by atoms with Crippen molar-refractivity contribution in [3.8, 4) is 22.6 Å². The number of hydrogen-bond acceptors (Lipinski definition) is 7. The zero-order chi connectivity index (χ0) is 22.8. The fourth-order valence-corrected chi connectivity index (χ4v) is 4.96. The van der Waals surface area contributed by atoms with Crippen LogP contribution in [0.3, 0.4) is 0 Å². The number of thioether (sulfide) groups is 1. The van der Waals surface area contributed by atoms with Crippen molar-refractivity contribution in [2.24, 2.45) is 0 Å². The van der Waals surface area contributed by atoms with Gasteiger partial charge in [0.25, 0.3) is 5.56 Å². The van der Waals surface area contributed by atoms with Gasteiger partial charge in [-0.15, -0.1) is 11.3 Å². The van der Waals surface area contributed by atoms with Crippen LogP contribution in [0.1, 0.15) is 11.1 Å². The molecule has 0 saturated carbocycles. The van der Waals surface area contributed by atoms with E-state index < -0.39 is 0 Å². The van der Waals surface area contributed by atoms with Gasteiger partial charge in [-0.2, -0.15) is 0 Å². The van der Waals surface area contributed by atoms with Crippen LogP contribution in [0.4, 0.5) is 5.69 Å². The predicted octanol–water partition coefficient (Wildman–Crippen LogP) is 4.71. The molecule has 2 aromatic heterocycles. The number of thiophene rings is 1. The Morgan fingerprint density at radius 1 is 1.19 bits per heavy atom. The number of carbonyl (C=O) groups excluding carboxylic acids is 1. The quantitative estimate of drug-likeness (QED) is 0.215. The molecular formula is C23H21N3O4S2. The number of aromatic nitrogens is 2. The lowest BCUT2D eigenvalue weighted by Gasteiger charge is -2.09. The minimum atomic E-state index is -0.310. The molecule has 2 aromatic carbocycles. The highest BCUT2D eigenvalue weighted by molar-refractivity contribution is 7.99. The normalized spacial score (nSPS) is 11.0. The molecule has 7 nitrogen and oxygen atoms in total. The molecule has 32 heavy (non-hydrogen) atoms. The predicted molar refractivity (Wildman–Crippen MR) is 129 cm³/mol. The number of aryl methyl sites for hydroxylation is 2. The Hall–Kier alpha value is -3.30. The van der Waals surface area contributed by atoms with Crippen LogP contribution in [0.2, 0.25) is 0 Å². The molecule has 0 radical (unpaired) electrons. The number of H-pyrrole nitrogens is 1. The summed E-state index contributed by atoms with van der Waals surface area (Å²) in [7, 11) is 1.60. The van der Waals surface area contributed by atoms with Crippen molar-refractivity contribution in [2.75, 3.05) is 18.2 Å². The van der Waals surface area contributed by atoms with E-state index in [0.717, 1.165) is 34.0 Å². The molecule has 4 aromatic rings. The zero-order valence-electron chi connectivity index (χ0n) is 17.7. The molecule has 1 amide bonds. The van der Waals surface area contributed by atoms with Gasteiger partial charge in [0, 0.05) is 16.5 Å². The number of fused-ring (bicyclic) bond motifs is 1. The van der Waals surface area contributed by atoms with Gasteiger partial charge in [-0.1, -0.05) is 29.5 Å². The summed E-state index contributed by atoms with van der Waals surface area (Å²) in [6.07, 6.45) is 0. The highest BCUT2D eigenvalue weighted by Gasteiger charge is 2.17. The summed E-state index contributed by atoms with van der Waals surface area (Å²) in [4.78, 5) is 33.1. The molecule has 164 valence electrons. The van der Waals surface area contributed by atoms with E-state index in [1.165, 1.54) is 17.4 Å². The van der Waals surface area contributed by atoms with Crippen LogP contribution < -0.4 is 15.6 Å².